The molecule has 7 heteroatoms. The number of piperazine rings is 1. The number of pyridine rings is 1. The molecule has 1 saturated heterocycles. The van der Waals surface area contributed by atoms with Gasteiger partial charge in [0.25, 0.3) is 5.56 Å². The van der Waals surface area contributed by atoms with Crippen LogP contribution in [0.4, 0.5) is 10.1 Å². The third kappa shape index (κ3) is 3.13. The van der Waals surface area contributed by atoms with Crippen molar-refractivity contribution in [3.05, 3.63) is 58.8 Å². The number of anilines is 1. The molecular formula is C19H19FN4O2. The molecule has 0 bridgehead atoms. The molecule has 2 aromatic heterocycles. The summed E-state index contributed by atoms with van der Waals surface area (Å²) in [5.41, 5.74) is 2.23. The highest BCUT2D eigenvalue weighted by atomic mass is 19.1. The molecule has 0 atom stereocenters. The van der Waals surface area contributed by atoms with Crippen molar-refractivity contribution in [3.63, 3.8) is 0 Å². The molecule has 0 spiro atoms. The fourth-order valence-electron chi connectivity index (χ4n) is 3.18. The molecule has 134 valence electrons. The number of nitrogens with zero attached hydrogens (tertiary/aromatic N) is 3. The fourth-order valence-corrected chi connectivity index (χ4v) is 3.18. The number of methoxy groups -OCH3 is 1. The first-order valence-corrected chi connectivity index (χ1v) is 8.48. The van der Waals surface area contributed by atoms with Gasteiger partial charge in [0.05, 0.1) is 18.5 Å². The molecule has 1 N–H and O–H groups in total. The average molecular weight is 354 g/mol. The van der Waals surface area contributed by atoms with Gasteiger partial charge in [-0.2, -0.15) is 0 Å². The maximum atomic E-state index is 13.8. The van der Waals surface area contributed by atoms with E-state index in [2.05, 4.69) is 15.2 Å². The van der Waals surface area contributed by atoms with E-state index in [0.29, 0.717) is 22.7 Å². The topological polar surface area (TPSA) is 58.9 Å². The van der Waals surface area contributed by atoms with E-state index in [0.717, 1.165) is 31.9 Å². The van der Waals surface area contributed by atoms with Gasteiger partial charge in [-0.25, -0.2) is 9.37 Å². The van der Waals surface area contributed by atoms with Crippen molar-refractivity contribution in [2.45, 2.75) is 0 Å². The van der Waals surface area contributed by atoms with Crippen LogP contribution in [0.25, 0.3) is 16.9 Å². The summed E-state index contributed by atoms with van der Waals surface area (Å²) < 4.78 is 20.4. The lowest BCUT2D eigenvalue weighted by Gasteiger charge is -2.29. The van der Waals surface area contributed by atoms with E-state index in [1.54, 1.807) is 6.07 Å². The van der Waals surface area contributed by atoms with Crippen molar-refractivity contribution < 1.29 is 9.13 Å². The van der Waals surface area contributed by atoms with Crippen molar-refractivity contribution >= 4 is 11.3 Å². The molecule has 0 aliphatic carbocycles. The van der Waals surface area contributed by atoms with Crippen molar-refractivity contribution in [1.82, 2.24) is 14.7 Å². The minimum atomic E-state index is -0.435. The van der Waals surface area contributed by atoms with Gasteiger partial charge in [0.15, 0.2) is 0 Å². The zero-order chi connectivity index (χ0) is 18.1. The minimum Gasteiger partial charge on any atom is -0.497 e. The van der Waals surface area contributed by atoms with Gasteiger partial charge in [-0.05, 0) is 24.3 Å². The van der Waals surface area contributed by atoms with E-state index in [-0.39, 0.29) is 5.56 Å². The number of benzene rings is 1. The Kier molecular flexibility index (Phi) is 4.30. The van der Waals surface area contributed by atoms with Gasteiger partial charge in [-0.1, -0.05) is 0 Å². The lowest BCUT2D eigenvalue weighted by Crippen LogP contribution is -2.43. The maximum absolute atomic E-state index is 13.8. The van der Waals surface area contributed by atoms with Crippen LogP contribution in [-0.4, -0.2) is 42.7 Å². The number of rotatable bonds is 3. The second kappa shape index (κ2) is 6.76. The predicted octanol–water partition coefficient (Wildman–Crippen LogP) is 1.92. The summed E-state index contributed by atoms with van der Waals surface area (Å²) in [5.74, 6) is -0.0496. The number of hydrogen-bond donors (Lipinski definition) is 1. The number of aromatic nitrogens is 2. The molecule has 0 unspecified atom stereocenters. The summed E-state index contributed by atoms with van der Waals surface area (Å²) in [7, 11) is 1.47. The molecule has 1 aromatic carbocycles. The number of halogens is 1. The van der Waals surface area contributed by atoms with Crippen LogP contribution in [0.5, 0.6) is 5.75 Å². The zero-order valence-electron chi connectivity index (χ0n) is 14.4. The minimum absolute atomic E-state index is 0.204. The number of fused-ring (bicyclic) bond motifs is 1. The van der Waals surface area contributed by atoms with Crippen LogP contribution in [0.1, 0.15) is 0 Å². The Labute approximate surface area is 149 Å². The lowest BCUT2D eigenvalue weighted by atomic mass is 10.1. The highest BCUT2D eigenvalue weighted by Gasteiger charge is 2.13. The zero-order valence-corrected chi connectivity index (χ0v) is 14.4. The molecule has 1 fully saturated rings. The molecule has 4 rings (SSSR count). The van der Waals surface area contributed by atoms with Crippen LogP contribution in [0, 0.1) is 5.82 Å². The van der Waals surface area contributed by atoms with Gasteiger partial charge in [-0.15, -0.1) is 0 Å². The fraction of sp³-hybridized carbons (Fsp3) is 0.263. The van der Waals surface area contributed by atoms with E-state index >= 15 is 0 Å². The molecule has 1 aliphatic rings. The molecule has 26 heavy (non-hydrogen) atoms. The third-order valence-electron chi connectivity index (χ3n) is 4.53. The number of nitrogens with one attached hydrogen (secondary N) is 1. The van der Waals surface area contributed by atoms with E-state index < -0.39 is 5.82 Å². The van der Waals surface area contributed by atoms with E-state index in [1.165, 1.54) is 29.7 Å². The SMILES string of the molecule is COc1cc(F)cc(-c2cc(=O)n3cc(N4CCNCC4)ccc3n2)c1. The van der Waals surface area contributed by atoms with E-state index in [1.807, 2.05) is 18.3 Å². The molecule has 1 aliphatic heterocycles. The summed E-state index contributed by atoms with van der Waals surface area (Å²) in [6.45, 7) is 3.64. The second-order valence-electron chi connectivity index (χ2n) is 6.21. The number of ether oxygens (including phenoxy) is 1. The molecule has 3 aromatic rings. The molecule has 6 nitrogen and oxygen atoms in total. The van der Waals surface area contributed by atoms with Crippen molar-refractivity contribution in [3.8, 4) is 17.0 Å². The molecular weight excluding hydrogens is 335 g/mol. The van der Waals surface area contributed by atoms with Gasteiger partial charge in [0.1, 0.15) is 17.2 Å². The van der Waals surface area contributed by atoms with Crippen LogP contribution in [0.2, 0.25) is 0 Å². The largest absolute Gasteiger partial charge is 0.497 e. The second-order valence-corrected chi connectivity index (χ2v) is 6.21. The van der Waals surface area contributed by atoms with Crippen LogP contribution in [-0.2, 0) is 0 Å². The average Bonchev–Trinajstić information content (AvgIpc) is 2.68. The van der Waals surface area contributed by atoms with Crippen LogP contribution in [0.15, 0.2) is 47.4 Å². The van der Waals surface area contributed by atoms with Gasteiger partial charge < -0.3 is 15.0 Å². The Bertz CT molecular complexity index is 1010. The lowest BCUT2D eigenvalue weighted by molar-refractivity contribution is 0.411. The Morgan fingerprint density at radius 2 is 1.96 bits per heavy atom. The summed E-state index contributed by atoms with van der Waals surface area (Å²) >= 11 is 0. The maximum Gasteiger partial charge on any atom is 0.258 e. The molecule has 0 amide bonds. The molecule has 0 radical (unpaired) electrons. The van der Waals surface area contributed by atoms with Crippen LogP contribution < -0.4 is 20.5 Å². The van der Waals surface area contributed by atoms with Crippen molar-refractivity contribution in [1.29, 1.82) is 0 Å². The van der Waals surface area contributed by atoms with E-state index in [9.17, 15) is 9.18 Å². The summed E-state index contributed by atoms with van der Waals surface area (Å²) in [5, 5.41) is 3.31. The van der Waals surface area contributed by atoms with E-state index in [4.69, 9.17) is 4.74 Å². The van der Waals surface area contributed by atoms with Gasteiger partial charge in [-0.3, -0.25) is 9.20 Å². The number of hydrogen-bond acceptors (Lipinski definition) is 5. The predicted molar refractivity (Wildman–Crippen MR) is 98.5 cm³/mol. The molecule has 3 heterocycles. The summed E-state index contributed by atoms with van der Waals surface area (Å²) in [4.78, 5) is 19.4. The first-order chi connectivity index (χ1) is 12.6. The first-order valence-electron chi connectivity index (χ1n) is 8.48. The summed E-state index contributed by atoms with van der Waals surface area (Å²) in [6, 6.07) is 9.49. The molecule has 0 saturated carbocycles. The highest BCUT2D eigenvalue weighted by Crippen LogP contribution is 2.24. The quantitative estimate of drug-likeness (QED) is 0.779. The summed E-state index contributed by atoms with van der Waals surface area (Å²) in [6.07, 6.45) is 1.81. The van der Waals surface area contributed by atoms with Gasteiger partial charge in [0, 0.05) is 50.1 Å². The first kappa shape index (κ1) is 16.5. The standard InChI is InChI=1S/C19H19FN4O2/c1-26-16-9-13(8-14(20)10-16)17-11-19(25)24-12-15(2-3-18(24)22-17)23-6-4-21-5-7-23/h2-3,8-12,21H,4-7H2,1H3. The van der Waals surface area contributed by atoms with Crippen molar-refractivity contribution in [2.75, 3.05) is 38.2 Å². The van der Waals surface area contributed by atoms with Gasteiger partial charge in [0.2, 0.25) is 0 Å². The smallest absolute Gasteiger partial charge is 0.258 e. The van der Waals surface area contributed by atoms with Crippen molar-refractivity contribution in [2.24, 2.45) is 0 Å². The van der Waals surface area contributed by atoms with Crippen LogP contribution in [0.3, 0.4) is 0 Å². The Morgan fingerprint density at radius 1 is 1.15 bits per heavy atom. The highest BCUT2D eigenvalue weighted by molar-refractivity contribution is 5.64. The van der Waals surface area contributed by atoms with Crippen LogP contribution >= 0.6 is 0 Å². The monoisotopic (exact) mass is 354 g/mol. The third-order valence-corrected chi connectivity index (χ3v) is 4.53. The Balaban J connectivity index is 1.77. The Hall–Kier alpha value is -2.93. The normalized spacial score (nSPS) is 14.6. The Morgan fingerprint density at radius 3 is 2.73 bits per heavy atom. The van der Waals surface area contributed by atoms with Gasteiger partial charge >= 0.3 is 0 Å².